The summed E-state index contributed by atoms with van der Waals surface area (Å²) in [7, 11) is 1.72. The topological polar surface area (TPSA) is 32.7 Å². The first kappa shape index (κ1) is 16.1. The zero-order chi connectivity index (χ0) is 16.4. The standard InChI is InChI=1S/C17H12Cl2N2OS/c1-21-16(22)15(10-11-2-4-12(18)5-3-11)23-17(21)20-14-8-6-13(19)7-9-14/h2-10H,1H3/b15-10+,20-17?. The SMILES string of the molecule is CN1C(=O)/C(=C\c2ccc(Cl)cc2)SC1=Nc1ccc(Cl)cc1. The predicted molar refractivity (Wildman–Crippen MR) is 98.3 cm³/mol. The monoisotopic (exact) mass is 362 g/mol. The van der Waals surface area contributed by atoms with Gasteiger partial charge in [0, 0.05) is 17.1 Å². The molecular formula is C17H12Cl2N2OS. The van der Waals surface area contributed by atoms with Gasteiger partial charge in [-0.15, -0.1) is 0 Å². The predicted octanol–water partition coefficient (Wildman–Crippen LogP) is 5.23. The van der Waals surface area contributed by atoms with Gasteiger partial charge in [0.25, 0.3) is 5.91 Å². The number of amides is 1. The van der Waals surface area contributed by atoms with E-state index in [1.165, 1.54) is 11.8 Å². The summed E-state index contributed by atoms with van der Waals surface area (Å²) in [5.41, 5.74) is 1.68. The number of carbonyl (C=O) groups is 1. The highest BCUT2D eigenvalue weighted by Crippen LogP contribution is 2.33. The van der Waals surface area contributed by atoms with Crippen LogP contribution in [0.15, 0.2) is 58.4 Å². The van der Waals surface area contributed by atoms with Crippen LogP contribution < -0.4 is 0 Å². The molecule has 0 unspecified atom stereocenters. The van der Waals surface area contributed by atoms with Crippen molar-refractivity contribution in [3.8, 4) is 0 Å². The number of amidine groups is 1. The lowest BCUT2D eigenvalue weighted by molar-refractivity contribution is -0.121. The molecule has 0 atom stereocenters. The van der Waals surface area contributed by atoms with Crippen LogP contribution in [0.3, 0.4) is 0 Å². The third-order valence-corrected chi connectivity index (χ3v) is 4.79. The Balaban J connectivity index is 1.87. The Labute approximate surface area is 148 Å². The Morgan fingerprint density at radius 3 is 2.17 bits per heavy atom. The van der Waals surface area contributed by atoms with E-state index >= 15 is 0 Å². The van der Waals surface area contributed by atoms with Crippen molar-refractivity contribution in [2.45, 2.75) is 0 Å². The molecule has 1 amide bonds. The van der Waals surface area contributed by atoms with Crippen LogP contribution >= 0.6 is 35.0 Å². The van der Waals surface area contributed by atoms with Crippen molar-refractivity contribution in [2.24, 2.45) is 4.99 Å². The second-order valence-electron chi connectivity index (χ2n) is 4.90. The molecule has 0 bridgehead atoms. The number of halogens is 2. The van der Waals surface area contributed by atoms with E-state index in [4.69, 9.17) is 23.2 Å². The Morgan fingerprint density at radius 2 is 1.57 bits per heavy atom. The second kappa shape index (κ2) is 6.79. The first-order chi connectivity index (χ1) is 11.0. The number of hydrogen-bond acceptors (Lipinski definition) is 3. The van der Waals surface area contributed by atoms with E-state index in [2.05, 4.69) is 4.99 Å². The van der Waals surface area contributed by atoms with Gasteiger partial charge in [0.1, 0.15) is 0 Å². The number of likely N-dealkylation sites (N-methyl/N-ethyl adjacent to an activating group) is 1. The van der Waals surface area contributed by atoms with Crippen molar-refractivity contribution in [2.75, 3.05) is 7.05 Å². The van der Waals surface area contributed by atoms with Gasteiger partial charge < -0.3 is 0 Å². The van der Waals surface area contributed by atoms with Crippen LogP contribution in [0.1, 0.15) is 5.56 Å². The minimum absolute atomic E-state index is 0.0716. The van der Waals surface area contributed by atoms with Crippen LogP contribution in [-0.2, 0) is 4.79 Å². The number of nitrogens with zero attached hydrogens (tertiary/aromatic N) is 2. The van der Waals surface area contributed by atoms with Gasteiger partial charge in [0.05, 0.1) is 10.6 Å². The molecule has 2 aromatic carbocycles. The number of thioether (sulfide) groups is 1. The molecule has 0 aromatic heterocycles. The maximum atomic E-state index is 12.3. The van der Waals surface area contributed by atoms with Gasteiger partial charge in [-0.3, -0.25) is 9.69 Å². The minimum Gasteiger partial charge on any atom is -0.290 e. The molecule has 1 heterocycles. The molecule has 3 nitrogen and oxygen atoms in total. The van der Waals surface area contributed by atoms with Crippen LogP contribution in [0, 0.1) is 0 Å². The van der Waals surface area contributed by atoms with Crippen LogP contribution in [-0.4, -0.2) is 23.0 Å². The van der Waals surface area contributed by atoms with E-state index in [1.54, 1.807) is 36.2 Å². The fourth-order valence-electron chi connectivity index (χ4n) is 1.99. The summed E-state index contributed by atoms with van der Waals surface area (Å²) >= 11 is 13.1. The van der Waals surface area contributed by atoms with Crippen molar-refractivity contribution < 1.29 is 4.79 Å². The highest BCUT2D eigenvalue weighted by Gasteiger charge is 2.30. The molecule has 116 valence electrons. The average Bonchev–Trinajstić information content (AvgIpc) is 2.80. The number of hydrogen-bond donors (Lipinski definition) is 0. The van der Waals surface area contributed by atoms with E-state index in [0.717, 1.165) is 11.3 Å². The normalized spacial score (nSPS) is 18.2. The van der Waals surface area contributed by atoms with E-state index in [0.29, 0.717) is 20.1 Å². The highest BCUT2D eigenvalue weighted by molar-refractivity contribution is 8.18. The Kier molecular flexibility index (Phi) is 4.76. The summed E-state index contributed by atoms with van der Waals surface area (Å²) in [5.74, 6) is -0.0716. The third-order valence-electron chi connectivity index (χ3n) is 3.22. The molecule has 2 aromatic rings. The molecule has 6 heteroatoms. The van der Waals surface area contributed by atoms with Crippen LogP contribution in [0.5, 0.6) is 0 Å². The van der Waals surface area contributed by atoms with Gasteiger partial charge in [0.2, 0.25) is 0 Å². The molecule has 0 radical (unpaired) electrons. The zero-order valence-electron chi connectivity index (χ0n) is 12.2. The summed E-state index contributed by atoms with van der Waals surface area (Å²) in [4.78, 5) is 19.0. The van der Waals surface area contributed by atoms with E-state index in [9.17, 15) is 4.79 Å². The molecule has 0 N–H and O–H groups in total. The number of carbonyl (C=O) groups excluding carboxylic acids is 1. The largest absolute Gasteiger partial charge is 0.290 e. The molecule has 3 rings (SSSR count). The lowest BCUT2D eigenvalue weighted by atomic mass is 10.2. The van der Waals surface area contributed by atoms with Crippen molar-refractivity contribution >= 4 is 57.8 Å². The van der Waals surface area contributed by atoms with Crippen molar-refractivity contribution in [1.29, 1.82) is 0 Å². The van der Waals surface area contributed by atoms with E-state index < -0.39 is 0 Å². The molecule has 1 saturated heterocycles. The maximum Gasteiger partial charge on any atom is 0.266 e. The summed E-state index contributed by atoms with van der Waals surface area (Å²) in [6.07, 6.45) is 1.84. The number of rotatable bonds is 2. The smallest absolute Gasteiger partial charge is 0.266 e. The molecule has 0 spiro atoms. The summed E-state index contributed by atoms with van der Waals surface area (Å²) in [6, 6.07) is 14.5. The van der Waals surface area contributed by atoms with Gasteiger partial charge in [-0.1, -0.05) is 35.3 Å². The summed E-state index contributed by atoms with van der Waals surface area (Å²) in [6.45, 7) is 0. The first-order valence-electron chi connectivity index (χ1n) is 6.80. The molecule has 1 aliphatic heterocycles. The lowest BCUT2D eigenvalue weighted by Crippen LogP contribution is -2.23. The average molecular weight is 363 g/mol. The molecule has 1 aliphatic rings. The van der Waals surface area contributed by atoms with Gasteiger partial charge in [-0.2, -0.15) is 0 Å². The highest BCUT2D eigenvalue weighted by atomic mass is 35.5. The zero-order valence-corrected chi connectivity index (χ0v) is 14.5. The number of benzene rings is 2. The van der Waals surface area contributed by atoms with E-state index in [-0.39, 0.29) is 5.91 Å². The Morgan fingerprint density at radius 1 is 1.00 bits per heavy atom. The molecule has 0 aliphatic carbocycles. The van der Waals surface area contributed by atoms with Crippen LogP contribution in [0.4, 0.5) is 5.69 Å². The Hall–Kier alpha value is -1.75. The van der Waals surface area contributed by atoms with Crippen molar-refractivity contribution in [3.63, 3.8) is 0 Å². The fourth-order valence-corrected chi connectivity index (χ4v) is 3.23. The lowest BCUT2D eigenvalue weighted by Gasteiger charge is -2.07. The number of aliphatic imine (C=N–C) groups is 1. The third kappa shape index (κ3) is 3.78. The fraction of sp³-hybridized carbons (Fsp3) is 0.0588. The van der Waals surface area contributed by atoms with Gasteiger partial charge in [-0.25, -0.2) is 4.99 Å². The summed E-state index contributed by atoms with van der Waals surface area (Å²) < 4.78 is 0. The van der Waals surface area contributed by atoms with Crippen molar-refractivity contribution in [1.82, 2.24) is 4.90 Å². The van der Waals surface area contributed by atoms with Crippen molar-refractivity contribution in [3.05, 3.63) is 69.0 Å². The van der Waals surface area contributed by atoms with Gasteiger partial charge >= 0.3 is 0 Å². The maximum absolute atomic E-state index is 12.3. The molecule has 1 fully saturated rings. The molecule has 0 saturated carbocycles. The quantitative estimate of drug-likeness (QED) is 0.685. The van der Waals surface area contributed by atoms with E-state index in [1.807, 2.05) is 30.3 Å². The van der Waals surface area contributed by atoms with Crippen LogP contribution in [0.2, 0.25) is 10.0 Å². The van der Waals surface area contributed by atoms with Crippen LogP contribution in [0.25, 0.3) is 6.08 Å². The first-order valence-corrected chi connectivity index (χ1v) is 8.37. The van der Waals surface area contributed by atoms with Gasteiger partial charge in [0.15, 0.2) is 5.17 Å². The summed E-state index contributed by atoms with van der Waals surface area (Å²) in [5, 5.41) is 1.96. The molecular weight excluding hydrogens is 351 g/mol. The molecule has 23 heavy (non-hydrogen) atoms. The second-order valence-corrected chi connectivity index (χ2v) is 6.78. The Bertz CT molecular complexity index is 798. The minimum atomic E-state index is -0.0716. The van der Waals surface area contributed by atoms with Gasteiger partial charge in [-0.05, 0) is 59.8 Å².